The minimum absolute atomic E-state index is 0.152. The monoisotopic (exact) mass is 261 g/mol. The van der Waals surface area contributed by atoms with Crippen LogP contribution in [0.4, 0.5) is 0 Å². The first-order chi connectivity index (χ1) is 9.17. The Labute approximate surface area is 115 Å². The number of carbonyl (C=O) groups is 1. The second-order valence-corrected chi connectivity index (χ2v) is 5.39. The zero-order valence-electron chi connectivity index (χ0n) is 11.9. The van der Waals surface area contributed by atoms with Gasteiger partial charge in [-0.15, -0.1) is 0 Å². The number of hydrogen-bond acceptors (Lipinski definition) is 3. The minimum atomic E-state index is -0.441. The lowest BCUT2D eigenvalue weighted by Crippen LogP contribution is -2.52. The van der Waals surface area contributed by atoms with Crippen LogP contribution in [0.15, 0.2) is 24.3 Å². The Morgan fingerprint density at radius 3 is 2.84 bits per heavy atom. The van der Waals surface area contributed by atoms with Gasteiger partial charge >= 0.3 is 0 Å². The third-order valence-electron chi connectivity index (χ3n) is 3.71. The molecule has 3 nitrogen and oxygen atoms in total. The molecular formula is C16H23NO2. The number of rotatable bonds is 5. The third-order valence-corrected chi connectivity index (χ3v) is 3.71. The van der Waals surface area contributed by atoms with Crippen molar-refractivity contribution in [2.75, 3.05) is 13.2 Å². The summed E-state index contributed by atoms with van der Waals surface area (Å²) in [4.78, 5) is 12.8. The van der Waals surface area contributed by atoms with E-state index in [0.717, 1.165) is 32.2 Å². The van der Waals surface area contributed by atoms with Crippen molar-refractivity contribution in [2.45, 2.75) is 45.1 Å². The molecule has 2 rings (SSSR count). The smallest absolute Gasteiger partial charge is 0.186 e. The predicted octanol–water partition coefficient (Wildman–Crippen LogP) is 3.19. The van der Waals surface area contributed by atoms with Crippen molar-refractivity contribution in [3.05, 3.63) is 29.8 Å². The summed E-state index contributed by atoms with van der Waals surface area (Å²) in [5.74, 6) is 0.863. The van der Waals surface area contributed by atoms with Crippen LogP contribution in [0.2, 0.25) is 0 Å². The molecule has 3 heteroatoms. The Kier molecular flexibility index (Phi) is 4.59. The van der Waals surface area contributed by atoms with E-state index in [-0.39, 0.29) is 5.78 Å². The van der Waals surface area contributed by atoms with Gasteiger partial charge in [0.05, 0.1) is 17.7 Å². The topological polar surface area (TPSA) is 38.3 Å². The van der Waals surface area contributed by atoms with Crippen molar-refractivity contribution in [3.63, 3.8) is 0 Å². The average molecular weight is 261 g/mol. The molecule has 1 N–H and O–H groups in total. The van der Waals surface area contributed by atoms with E-state index in [0.29, 0.717) is 17.9 Å². The van der Waals surface area contributed by atoms with Crippen molar-refractivity contribution in [2.24, 2.45) is 0 Å². The quantitative estimate of drug-likeness (QED) is 0.827. The molecule has 0 bridgehead atoms. The standard InChI is InChI=1S/C16H23NO2/c1-3-12-19-14-9-5-4-8-13(14)15(18)16(2)10-6-7-11-17-16/h4-5,8-9,17H,3,6-7,10-12H2,1-2H3. The highest BCUT2D eigenvalue weighted by Crippen LogP contribution is 2.28. The zero-order valence-corrected chi connectivity index (χ0v) is 11.9. The van der Waals surface area contributed by atoms with Crippen molar-refractivity contribution in [1.82, 2.24) is 5.32 Å². The summed E-state index contributed by atoms with van der Waals surface area (Å²) in [6, 6.07) is 7.57. The van der Waals surface area contributed by atoms with Crippen LogP contribution in [0.1, 0.15) is 49.9 Å². The number of Topliss-reactive ketones (excluding diaryl/α,β-unsaturated/α-hetero) is 1. The van der Waals surface area contributed by atoms with Gasteiger partial charge in [-0.1, -0.05) is 19.1 Å². The molecule has 1 unspecified atom stereocenters. The fourth-order valence-electron chi connectivity index (χ4n) is 2.54. The summed E-state index contributed by atoms with van der Waals surface area (Å²) in [6.45, 7) is 5.63. The Hall–Kier alpha value is -1.35. The molecule has 1 heterocycles. The van der Waals surface area contributed by atoms with Crippen LogP contribution < -0.4 is 10.1 Å². The molecule has 19 heavy (non-hydrogen) atoms. The predicted molar refractivity (Wildman–Crippen MR) is 76.8 cm³/mol. The molecule has 0 radical (unpaired) electrons. The first-order valence-corrected chi connectivity index (χ1v) is 7.19. The lowest BCUT2D eigenvalue weighted by atomic mass is 9.83. The van der Waals surface area contributed by atoms with E-state index in [1.165, 1.54) is 0 Å². The normalized spacial score (nSPS) is 23.1. The molecule has 1 aromatic carbocycles. The Morgan fingerprint density at radius 2 is 2.16 bits per heavy atom. The van der Waals surface area contributed by atoms with Gasteiger partial charge in [0.1, 0.15) is 5.75 Å². The minimum Gasteiger partial charge on any atom is -0.493 e. The van der Waals surface area contributed by atoms with Crippen LogP contribution in [0.5, 0.6) is 5.75 Å². The first-order valence-electron chi connectivity index (χ1n) is 7.19. The number of ether oxygens (including phenoxy) is 1. The molecule has 1 aromatic rings. The summed E-state index contributed by atoms with van der Waals surface area (Å²) >= 11 is 0. The summed E-state index contributed by atoms with van der Waals surface area (Å²) < 4.78 is 5.69. The fourth-order valence-corrected chi connectivity index (χ4v) is 2.54. The van der Waals surface area contributed by atoms with Crippen molar-refractivity contribution < 1.29 is 9.53 Å². The molecule has 1 atom stereocenters. The maximum absolute atomic E-state index is 12.8. The number of carbonyl (C=O) groups excluding carboxylic acids is 1. The molecule has 0 amide bonds. The van der Waals surface area contributed by atoms with E-state index < -0.39 is 5.54 Å². The Bertz CT molecular complexity index is 436. The third kappa shape index (κ3) is 3.16. The average Bonchev–Trinajstić information content (AvgIpc) is 2.45. The Morgan fingerprint density at radius 1 is 1.37 bits per heavy atom. The molecule has 0 aromatic heterocycles. The van der Waals surface area contributed by atoms with E-state index >= 15 is 0 Å². The van der Waals surface area contributed by atoms with Gasteiger partial charge in [-0.2, -0.15) is 0 Å². The highest BCUT2D eigenvalue weighted by Gasteiger charge is 2.36. The summed E-state index contributed by atoms with van der Waals surface area (Å²) in [6.07, 6.45) is 4.09. The molecular weight excluding hydrogens is 238 g/mol. The van der Waals surface area contributed by atoms with E-state index in [9.17, 15) is 4.79 Å². The number of ketones is 1. The highest BCUT2D eigenvalue weighted by molar-refractivity contribution is 6.05. The number of piperidine rings is 1. The molecule has 1 aliphatic heterocycles. The van der Waals surface area contributed by atoms with Crippen molar-refractivity contribution >= 4 is 5.78 Å². The highest BCUT2D eigenvalue weighted by atomic mass is 16.5. The van der Waals surface area contributed by atoms with Crippen LogP contribution in [0, 0.1) is 0 Å². The van der Waals surface area contributed by atoms with Crippen molar-refractivity contribution in [1.29, 1.82) is 0 Å². The molecule has 1 saturated heterocycles. The maximum Gasteiger partial charge on any atom is 0.186 e. The van der Waals surface area contributed by atoms with Gasteiger partial charge in [0, 0.05) is 0 Å². The molecule has 0 spiro atoms. The van der Waals surface area contributed by atoms with Crippen LogP contribution in [-0.2, 0) is 0 Å². The van der Waals surface area contributed by atoms with Crippen LogP contribution >= 0.6 is 0 Å². The van der Waals surface area contributed by atoms with Gasteiger partial charge in [0.15, 0.2) is 5.78 Å². The second kappa shape index (κ2) is 6.20. The summed E-state index contributed by atoms with van der Waals surface area (Å²) in [5, 5.41) is 3.37. The van der Waals surface area contributed by atoms with Crippen molar-refractivity contribution in [3.8, 4) is 5.75 Å². The van der Waals surface area contributed by atoms with E-state index in [1.807, 2.05) is 31.2 Å². The molecule has 1 aliphatic rings. The zero-order chi connectivity index (χ0) is 13.7. The van der Waals surface area contributed by atoms with E-state index in [2.05, 4.69) is 12.2 Å². The van der Waals surface area contributed by atoms with Gasteiger partial charge < -0.3 is 10.1 Å². The number of hydrogen-bond donors (Lipinski definition) is 1. The number of para-hydroxylation sites is 1. The van der Waals surface area contributed by atoms with E-state index in [4.69, 9.17) is 4.74 Å². The lowest BCUT2D eigenvalue weighted by molar-refractivity contribution is 0.0830. The summed E-state index contributed by atoms with van der Waals surface area (Å²) in [5.41, 5.74) is 0.261. The maximum atomic E-state index is 12.8. The molecule has 0 saturated carbocycles. The Balaban J connectivity index is 2.22. The SMILES string of the molecule is CCCOc1ccccc1C(=O)C1(C)CCCCN1. The number of nitrogens with one attached hydrogen (secondary N) is 1. The molecule has 0 aliphatic carbocycles. The van der Waals surface area contributed by atoms with Crippen LogP contribution in [0.3, 0.4) is 0 Å². The lowest BCUT2D eigenvalue weighted by Gasteiger charge is -2.33. The van der Waals surface area contributed by atoms with E-state index in [1.54, 1.807) is 0 Å². The molecule has 1 fully saturated rings. The fraction of sp³-hybridized carbons (Fsp3) is 0.562. The van der Waals surface area contributed by atoms with Gasteiger partial charge in [0.25, 0.3) is 0 Å². The summed E-state index contributed by atoms with van der Waals surface area (Å²) in [7, 11) is 0. The van der Waals surface area contributed by atoms with Gasteiger partial charge in [0.2, 0.25) is 0 Å². The molecule has 104 valence electrons. The van der Waals surface area contributed by atoms with Gasteiger partial charge in [-0.3, -0.25) is 4.79 Å². The van der Waals surface area contributed by atoms with Crippen LogP contribution in [0.25, 0.3) is 0 Å². The second-order valence-electron chi connectivity index (χ2n) is 5.39. The number of benzene rings is 1. The largest absolute Gasteiger partial charge is 0.493 e. The van der Waals surface area contributed by atoms with Crippen LogP contribution in [-0.4, -0.2) is 24.5 Å². The first kappa shape index (κ1) is 14.1. The van der Waals surface area contributed by atoms with Gasteiger partial charge in [-0.05, 0) is 51.3 Å². The van der Waals surface area contributed by atoms with Gasteiger partial charge in [-0.25, -0.2) is 0 Å².